The van der Waals surface area contributed by atoms with Crippen LogP contribution in [0.5, 0.6) is 0 Å². The van der Waals surface area contributed by atoms with Crippen LogP contribution in [0.2, 0.25) is 0 Å². The Balaban J connectivity index is 1.70. The second-order valence-corrected chi connectivity index (χ2v) is 6.17. The molecule has 1 aliphatic heterocycles. The summed E-state index contributed by atoms with van der Waals surface area (Å²) in [6.07, 6.45) is 1.57. The largest absolute Gasteiger partial charge is 0.480 e. The smallest absolute Gasteiger partial charge is 0.408 e. The minimum Gasteiger partial charge on any atom is -0.480 e. The molecule has 1 aliphatic carbocycles. The van der Waals surface area contributed by atoms with Gasteiger partial charge in [0.1, 0.15) is 6.04 Å². The van der Waals surface area contributed by atoms with E-state index in [-0.39, 0.29) is 11.8 Å². The van der Waals surface area contributed by atoms with Crippen LogP contribution in [0.1, 0.15) is 18.4 Å². The molecule has 0 radical (unpaired) electrons. The summed E-state index contributed by atoms with van der Waals surface area (Å²) >= 11 is 0. The Kier molecular flexibility index (Phi) is 3.57. The zero-order chi connectivity index (χ0) is 15.0. The molecule has 5 nitrogen and oxygen atoms in total. The molecule has 1 saturated heterocycles. The molecule has 0 aromatic heterocycles. The molecule has 1 aromatic carbocycles. The Morgan fingerprint density at radius 2 is 1.86 bits per heavy atom. The van der Waals surface area contributed by atoms with E-state index in [0.29, 0.717) is 12.5 Å². The fourth-order valence-electron chi connectivity index (χ4n) is 4.10. The van der Waals surface area contributed by atoms with Gasteiger partial charge in [-0.2, -0.15) is 0 Å². The highest BCUT2D eigenvalue weighted by atomic mass is 16.4. The van der Waals surface area contributed by atoms with E-state index in [9.17, 15) is 14.7 Å². The van der Waals surface area contributed by atoms with Gasteiger partial charge in [0, 0.05) is 6.54 Å². The Morgan fingerprint density at radius 1 is 1.14 bits per heavy atom. The van der Waals surface area contributed by atoms with Gasteiger partial charge in [-0.25, -0.2) is 9.59 Å². The lowest BCUT2D eigenvalue weighted by Gasteiger charge is -2.22. The summed E-state index contributed by atoms with van der Waals surface area (Å²) in [5.41, 5.74) is 1.27. The number of hydrogen-bond acceptors (Lipinski definition) is 2. The van der Waals surface area contributed by atoms with Gasteiger partial charge in [-0.15, -0.1) is 0 Å². The molecule has 1 heterocycles. The maximum Gasteiger partial charge on any atom is 0.408 e. The first-order valence-corrected chi connectivity index (χ1v) is 7.32. The number of amides is 1. The standard InChI is InChI=1S/C16H19NO4/c18-15(19)14-13-8-11(6-10-4-2-1-3-5-10)7-12(13)9-17(14)16(20)21/h1-5,11-14H,6-9H2,(H,18,19)(H,20,21)/t11?,12-,13-,14?/m0/s1. The number of carbonyl (C=O) groups is 2. The van der Waals surface area contributed by atoms with Gasteiger partial charge in [0.25, 0.3) is 0 Å². The number of rotatable bonds is 3. The molecule has 1 saturated carbocycles. The summed E-state index contributed by atoms with van der Waals surface area (Å²) in [4.78, 5) is 23.7. The van der Waals surface area contributed by atoms with Crippen LogP contribution in [0, 0.1) is 17.8 Å². The minimum absolute atomic E-state index is 0.0349. The van der Waals surface area contributed by atoms with E-state index in [1.807, 2.05) is 18.2 Å². The van der Waals surface area contributed by atoms with Crippen LogP contribution in [0.4, 0.5) is 4.79 Å². The number of fused-ring (bicyclic) bond motifs is 1. The van der Waals surface area contributed by atoms with Crippen molar-refractivity contribution >= 4 is 12.1 Å². The highest BCUT2D eigenvalue weighted by Crippen LogP contribution is 2.46. The van der Waals surface area contributed by atoms with Crippen LogP contribution in [0.3, 0.4) is 0 Å². The van der Waals surface area contributed by atoms with E-state index in [1.54, 1.807) is 0 Å². The first-order valence-electron chi connectivity index (χ1n) is 7.32. The van der Waals surface area contributed by atoms with Crippen LogP contribution >= 0.6 is 0 Å². The van der Waals surface area contributed by atoms with Crippen molar-refractivity contribution in [2.45, 2.75) is 25.3 Å². The minimum atomic E-state index is -1.11. The van der Waals surface area contributed by atoms with Crippen molar-refractivity contribution < 1.29 is 19.8 Å². The zero-order valence-electron chi connectivity index (χ0n) is 11.7. The number of nitrogens with zero attached hydrogens (tertiary/aromatic N) is 1. The van der Waals surface area contributed by atoms with Crippen molar-refractivity contribution in [3.63, 3.8) is 0 Å². The van der Waals surface area contributed by atoms with Crippen molar-refractivity contribution in [2.24, 2.45) is 17.8 Å². The molecule has 5 heteroatoms. The molecule has 0 bridgehead atoms. The van der Waals surface area contributed by atoms with Gasteiger partial charge >= 0.3 is 12.1 Å². The summed E-state index contributed by atoms with van der Waals surface area (Å²) in [6, 6.07) is 9.32. The van der Waals surface area contributed by atoms with Crippen molar-refractivity contribution in [1.29, 1.82) is 0 Å². The van der Waals surface area contributed by atoms with Crippen LogP contribution in [-0.4, -0.2) is 39.8 Å². The summed E-state index contributed by atoms with van der Waals surface area (Å²) in [6.45, 7) is 0.363. The van der Waals surface area contributed by atoms with E-state index in [1.165, 1.54) is 5.56 Å². The monoisotopic (exact) mass is 289 g/mol. The molecule has 3 rings (SSSR count). The van der Waals surface area contributed by atoms with Crippen molar-refractivity contribution in [2.75, 3.05) is 6.54 Å². The maximum absolute atomic E-state index is 11.4. The van der Waals surface area contributed by atoms with E-state index in [2.05, 4.69) is 12.1 Å². The highest BCUT2D eigenvalue weighted by molar-refractivity contribution is 5.80. The number of hydrogen-bond donors (Lipinski definition) is 2. The second kappa shape index (κ2) is 5.39. The molecule has 2 unspecified atom stereocenters. The van der Waals surface area contributed by atoms with Gasteiger partial charge in [0.2, 0.25) is 0 Å². The summed E-state index contributed by atoms with van der Waals surface area (Å²) < 4.78 is 0. The molecule has 2 N–H and O–H groups in total. The lowest BCUT2D eigenvalue weighted by Crippen LogP contribution is -2.42. The number of likely N-dealkylation sites (tertiary alicyclic amines) is 1. The van der Waals surface area contributed by atoms with Gasteiger partial charge in [-0.05, 0) is 42.6 Å². The van der Waals surface area contributed by atoms with Gasteiger partial charge < -0.3 is 10.2 Å². The highest BCUT2D eigenvalue weighted by Gasteiger charge is 2.52. The van der Waals surface area contributed by atoms with Gasteiger partial charge in [-0.1, -0.05) is 30.3 Å². The summed E-state index contributed by atoms with van der Waals surface area (Å²) in [5, 5.41) is 18.5. The topological polar surface area (TPSA) is 77.8 Å². The van der Waals surface area contributed by atoms with E-state index < -0.39 is 18.1 Å². The van der Waals surface area contributed by atoms with Crippen molar-refractivity contribution in [3.8, 4) is 0 Å². The third-order valence-corrected chi connectivity index (χ3v) is 4.89. The fraction of sp³-hybridized carbons (Fsp3) is 0.500. The summed E-state index contributed by atoms with van der Waals surface area (Å²) in [5.74, 6) is -0.395. The molecule has 1 aromatic rings. The number of carboxylic acid groups (broad SMARTS) is 2. The third kappa shape index (κ3) is 2.60. The molecule has 4 atom stereocenters. The molecular weight excluding hydrogens is 270 g/mol. The average Bonchev–Trinajstić information content (AvgIpc) is 2.96. The predicted molar refractivity (Wildman–Crippen MR) is 76.0 cm³/mol. The molecule has 2 aliphatic rings. The van der Waals surface area contributed by atoms with E-state index >= 15 is 0 Å². The van der Waals surface area contributed by atoms with Gasteiger partial charge in [0.05, 0.1) is 0 Å². The van der Waals surface area contributed by atoms with Crippen molar-refractivity contribution in [3.05, 3.63) is 35.9 Å². The van der Waals surface area contributed by atoms with Crippen LogP contribution in [0.15, 0.2) is 30.3 Å². The van der Waals surface area contributed by atoms with Crippen LogP contribution in [-0.2, 0) is 11.2 Å². The maximum atomic E-state index is 11.4. The second-order valence-electron chi connectivity index (χ2n) is 6.17. The SMILES string of the molecule is O=C(O)C1[C@H]2CC(Cc3ccccc3)C[C@H]2CN1C(=O)O. The molecule has 112 valence electrons. The lowest BCUT2D eigenvalue weighted by molar-refractivity contribution is -0.143. The zero-order valence-corrected chi connectivity index (χ0v) is 11.7. The Morgan fingerprint density at radius 3 is 2.48 bits per heavy atom. The molecular formula is C16H19NO4. The molecule has 0 spiro atoms. The molecule has 1 amide bonds. The van der Waals surface area contributed by atoms with Gasteiger partial charge in [0.15, 0.2) is 0 Å². The predicted octanol–water partition coefficient (Wildman–Crippen LogP) is 2.32. The molecule has 21 heavy (non-hydrogen) atoms. The Labute approximate surface area is 123 Å². The average molecular weight is 289 g/mol. The lowest BCUT2D eigenvalue weighted by atomic mass is 9.93. The summed E-state index contributed by atoms with van der Waals surface area (Å²) in [7, 11) is 0. The fourth-order valence-corrected chi connectivity index (χ4v) is 4.10. The first kappa shape index (κ1) is 13.9. The van der Waals surface area contributed by atoms with Crippen molar-refractivity contribution in [1.82, 2.24) is 4.90 Å². The Hall–Kier alpha value is -2.04. The normalized spacial score (nSPS) is 31.1. The van der Waals surface area contributed by atoms with E-state index in [4.69, 9.17) is 5.11 Å². The number of carboxylic acids is 1. The van der Waals surface area contributed by atoms with Crippen LogP contribution in [0.25, 0.3) is 0 Å². The number of benzene rings is 1. The van der Waals surface area contributed by atoms with E-state index in [0.717, 1.165) is 24.2 Å². The van der Waals surface area contributed by atoms with Crippen LogP contribution < -0.4 is 0 Å². The Bertz CT molecular complexity index is 544. The quantitative estimate of drug-likeness (QED) is 0.895. The first-order chi connectivity index (χ1) is 10.1. The van der Waals surface area contributed by atoms with Gasteiger partial charge in [-0.3, -0.25) is 4.90 Å². The number of aliphatic carboxylic acids is 1. The third-order valence-electron chi connectivity index (χ3n) is 4.89. The molecule has 2 fully saturated rings.